The van der Waals surface area contributed by atoms with Crippen LogP contribution in [0.4, 0.5) is 0 Å². The van der Waals surface area contributed by atoms with Gasteiger partial charge in [-0.2, -0.15) is 0 Å². The lowest BCUT2D eigenvalue weighted by molar-refractivity contribution is -0.143. The van der Waals surface area contributed by atoms with Crippen molar-refractivity contribution < 1.29 is 19.1 Å². The Morgan fingerprint density at radius 1 is 0.526 bits per heavy atom. The first-order valence-electron chi connectivity index (χ1n) is 16.2. The zero-order chi connectivity index (χ0) is 26.6. The van der Waals surface area contributed by atoms with Crippen molar-refractivity contribution in [2.24, 2.45) is 5.73 Å². The van der Waals surface area contributed by atoms with Crippen LogP contribution < -0.4 is 5.73 Å². The first kappa shape index (κ1) is 29.8. The van der Waals surface area contributed by atoms with Crippen LogP contribution in [0.1, 0.15) is 128 Å². The van der Waals surface area contributed by atoms with Crippen molar-refractivity contribution in [1.29, 1.82) is 0 Å². The van der Waals surface area contributed by atoms with Gasteiger partial charge in [0.2, 0.25) is 11.8 Å². The minimum absolute atomic E-state index is 0.0940. The van der Waals surface area contributed by atoms with E-state index in [4.69, 9.17) is 15.2 Å². The number of carbonyl (C=O) groups is 2. The van der Waals surface area contributed by atoms with E-state index in [1.165, 1.54) is 77.0 Å². The topological polar surface area (TPSA) is 85.1 Å². The summed E-state index contributed by atoms with van der Waals surface area (Å²) in [6.07, 6.45) is 24.0. The largest absolute Gasteiger partial charge is 0.370 e. The van der Waals surface area contributed by atoms with Gasteiger partial charge in [-0.3, -0.25) is 9.59 Å². The second-order valence-corrected chi connectivity index (χ2v) is 12.6. The van der Waals surface area contributed by atoms with Gasteiger partial charge >= 0.3 is 0 Å². The summed E-state index contributed by atoms with van der Waals surface area (Å²) in [7, 11) is 0. The Bertz CT molecular complexity index is 601. The summed E-state index contributed by atoms with van der Waals surface area (Å²) in [5, 5.41) is 0. The van der Waals surface area contributed by atoms with Gasteiger partial charge in [-0.25, -0.2) is 0 Å². The summed E-state index contributed by atoms with van der Waals surface area (Å²) in [4.78, 5) is 31.0. The number of amides is 2. The molecule has 2 amide bonds. The molecule has 0 saturated heterocycles. The molecule has 38 heavy (non-hydrogen) atoms. The van der Waals surface area contributed by atoms with Crippen LogP contribution in [0.15, 0.2) is 0 Å². The third-order valence-electron chi connectivity index (χ3n) is 9.56. The average Bonchev–Trinajstić information content (AvgIpc) is 2.96. The Labute approximate surface area is 231 Å². The van der Waals surface area contributed by atoms with Crippen molar-refractivity contribution in [3.63, 3.8) is 0 Å². The highest BCUT2D eigenvalue weighted by molar-refractivity contribution is 5.78. The molecule has 7 heteroatoms. The molecule has 0 atom stereocenters. The minimum Gasteiger partial charge on any atom is -0.370 e. The third-order valence-corrected chi connectivity index (χ3v) is 9.56. The maximum absolute atomic E-state index is 13.3. The summed E-state index contributed by atoms with van der Waals surface area (Å²) in [6.45, 7) is 0.740. The molecule has 0 aromatic heterocycles. The molecular formula is C31H55N3O4. The van der Waals surface area contributed by atoms with Gasteiger partial charge in [-0.05, 0) is 51.4 Å². The molecule has 4 aliphatic carbocycles. The van der Waals surface area contributed by atoms with Crippen LogP contribution in [-0.2, 0) is 19.1 Å². The first-order chi connectivity index (χ1) is 18.6. The number of rotatable bonds is 12. The lowest BCUT2D eigenvalue weighted by Crippen LogP contribution is -2.50. The van der Waals surface area contributed by atoms with Crippen LogP contribution in [0.5, 0.6) is 0 Å². The minimum atomic E-state index is -0.341. The van der Waals surface area contributed by atoms with E-state index in [1.807, 2.05) is 0 Å². The second kappa shape index (κ2) is 16.2. The van der Waals surface area contributed by atoms with E-state index in [0.717, 1.165) is 51.4 Å². The van der Waals surface area contributed by atoms with Crippen LogP contribution in [0.3, 0.4) is 0 Å². The molecule has 0 aromatic rings. The maximum atomic E-state index is 13.3. The molecule has 218 valence electrons. The van der Waals surface area contributed by atoms with Crippen LogP contribution in [0, 0.1) is 0 Å². The van der Waals surface area contributed by atoms with Crippen LogP contribution in [0.25, 0.3) is 0 Å². The molecule has 0 unspecified atom stereocenters. The highest BCUT2D eigenvalue weighted by Gasteiger charge is 2.33. The third kappa shape index (κ3) is 8.92. The van der Waals surface area contributed by atoms with Crippen LogP contribution in [-0.4, -0.2) is 78.3 Å². The van der Waals surface area contributed by atoms with Gasteiger partial charge in [0.1, 0.15) is 13.2 Å². The summed E-state index contributed by atoms with van der Waals surface area (Å²) in [6, 6.07) is 1.17. The summed E-state index contributed by atoms with van der Waals surface area (Å²) in [5.41, 5.74) is 6.27. The molecule has 0 aliphatic heterocycles. The molecule has 7 nitrogen and oxygen atoms in total. The highest BCUT2D eigenvalue weighted by atomic mass is 16.5. The van der Waals surface area contributed by atoms with Gasteiger partial charge in [0.25, 0.3) is 0 Å². The van der Waals surface area contributed by atoms with Crippen molar-refractivity contribution in [1.82, 2.24) is 9.80 Å². The van der Waals surface area contributed by atoms with E-state index >= 15 is 0 Å². The molecule has 4 fully saturated rings. The summed E-state index contributed by atoms with van der Waals surface area (Å²) in [5.74, 6) is 0.255. The number of carbonyl (C=O) groups excluding carboxylic acids is 2. The van der Waals surface area contributed by atoms with E-state index in [2.05, 4.69) is 9.80 Å². The molecule has 0 aromatic carbocycles. The van der Waals surface area contributed by atoms with Gasteiger partial charge in [-0.1, -0.05) is 77.0 Å². The normalized spacial score (nSPS) is 23.0. The monoisotopic (exact) mass is 533 g/mol. The molecule has 0 heterocycles. The average molecular weight is 534 g/mol. The fraction of sp³-hybridized carbons (Fsp3) is 0.935. The Hall–Kier alpha value is -1.18. The summed E-state index contributed by atoms with van der Waals surface area (Å²) < 4.78 is 11.6. The molecule has 4 saturated carbocycles. The van der Waals surface area contributed by atoms with Gasteiger partial charge < -0.3 is 25.0 Å². The Morgan fingerprint density at radius 2 is 0.789 bits per heavy atom. The van der Waals surface area contributed by atoms with Gasteiger partial charge in [-0.15, -0.1) is 0 Å². The Balaban J connectivity index is 1.19. The van der Waals surface area contributed by atoms with Crippen molar-refractivity contribution in [3.05, 3.63) is 0 Å². The number of hydrogen-bond donors (Lipinski definition) is 1. The zero-order valence-corrected chi connectivity index (χ0v) is 24.0. The van der Waals surface area contributed by atoms with Crippen LogP contribution in [0.2, 0.25) is 0 Å². The summed E-state index contributed by atoms with van der Waals surface area (Å²) >= 11 is 0. The number of nitrogens with zero attached hydrogens (tertiary/aromatic N) is 2. The SMILES string of the molecule is NC(COCC(=O)N(C1CCCCC1)C1CCCCC1)COCC(=O)N(C1CCCCC1)C1CCCCC1. The molecular weight excluding hydrogens is 478 g/mol. The maximum Gasteiger partial charge on any atom is 0.249 e. The van der Waals surface area contributed by atoms with E-state index in [9.17, 15) is 9.59 Å². The number of ether oxygens (including phenoxy) is 2. The van der Waals surface area contributed by atoms with E-state index < -0.39 is 0 Å². The molecule has 4 aliphatic rings. The molecule has 0 spiro atoms. The second-order valence-electron chi connectivity index (χ2n) is 12.6. The Morgan fingerprint density at radius 3 is 1.05 bits per heavy atom. The predicted octanol–water partition coefficient (Wildman–Crippen LogP) is 5.33. The van der Waals surface area contributed by atoms with Crippen molar-refractivity contribution in [2.45, 2.75) is 159 Å². The standard InChI is InChI=1S/C31H55N3O4/c32-25(21-37-23-30(35)33(26-13-5-1-6-14-26)27-15-7-2-8-16-27)22-38-24-31(36)34(28-17-9-3-10-18-28)29-19-11-4-12-20-29/h25-29H,1-24,32H2. The quantitative estimate of drug-likeness (QED) is 0.366. The lowest BCUT2D eigenvalue weighted by Gasteiger charge is -2.42. The van der Waals surface area contributed by atoms with Gasteiger partial charge in [0.15, 0.2) is 0 Å². The van der Waals surface area contributed by atoms with E-state index in [0.29, 0.717) is 24.2 Å². The molecule has 4 rings (SSSR count). The van der Waals surface area contributed by atoms with Crippen molar-refractivity contribution in [3.8, 4) is 0 Å². The Kier molecular flexibility index (Phi) is 12.7. The number of nitrogens with two attached hydrogens (primary N) is 1. The van der Waals surface area contributed by atoms with E-state index in [1.54, 1.807) is 0 Å². The van der Waals surface area contributed by atoms with E-state index in [-0.39, 0.29) is 44.3 Å². The predicted molar refractivity (Wildman–Crippen MR) is 151 cm³/mol. The van der Waals surface area contributed by atoms with Gasteiger partial charge in [0.05, 0.1) is 19.3 Å². The lowest BCUT2D eigenvalue weighted by atomic mass is 9.88. The van der Waals surface area contributed by atoms with Crippen molar-refractivity contribution in [2.75, 3.05) is 26.4 Å². The van der Waals surface area contributed by atoms with Crippen molar-refractivity contribution >= 4 is 11.8 Å². The van der Waals surface area contributed by atoms with Gasteiger partial charge in [0, 0.05) is 24.2 Å². The number of hydrogen-bond acceptors (Lipinski definition) is 5. The molecule has 0 radical (unpaired) electrons. The molecule has 2 N–H and O–H groups in total. The fourth-order valence-corrected chi connectivity index (χ4v) is 7.64. The smallest absolute Gasteiger partial charge is 0.249 e. The first-order valence-corrected chi connectivity index (χ1v) is 16.2. The fourth-order valence-electron chi connectivity index (χ4n) is 7.64. The zero-order valence-electron chi connectivity index (χ0n) is 24.0. The highest BCUT2D eigenvalue weighted by Crippen LogP contribution is 2.31. The van der Waals surface area contributed by atoms with Crippen LogP contribution >= 0.6 is 0 Å². The molecule has 0 bridgehead atoms.